The molecule has 0 spiro atoms. The van der Waals surface area contributed by atoms with E-state index in [1.807, 2.05) is 6.07 Å². The number of nitrogens with two attached hydrogens (primary N) is 1. The van der Waals surface area contributed by atoms with Crippen LogP contribution in [0.5, 0.6) is 11.5 Å². The molecule has 1 atom stereocenters. The molecule has 0 saturated carbocycles. The van der Waals surface area contributed by atoms with Gasteiger partial charge >= 0.3 is 0 Å². The molecule has 3 N–H and O–H groups in total. The average molecular weight is 279 g/mol. The molecule has 1 unspecified atom stereocenters. The fraction of sp³-hybridized carbons (Fsp3) is 0.500. The normalized spacial score (nSPS) is 17.6. The van der Waals surface area contributed by atoms with Crippen molar-refractivity contribution in [3.05, 3.63) is 23.8 Å². The molecule has 1 aromatic carbocycles. The van der Waals surface area contributed by atoms with Crippen molar-refractivity contribution in [2.75, 3.05) is 26.9 Å². The minimum Gasteiger partial charge on any atom is -0.489 e. The Kier molecular flexibility index (Phi) is 5.20. The fourth-order valence-corrected chi connectivity index (χ4v) is 1.97. The molecule has 1 amide bonds. The van der Waals surface area contributed by atoms with Gasteiger partial charge in [-0.15, -0.1) is 0 Å². The molecule has 0 aromatic heterocycles. The summed E-state index contributed by atoms with van der Waals surface area (Å²) in [6, 6.07) is 6.49. The van der Waals surface area contributed by atoms with Gasteiger partial charge in [-0.2, -0.15) is 0 Å². The first kappa shape index (κ1) is 14.6. The maximum Gasteiger partial charge on any atom is 0.258 e. The Labute approximate surface area is 118 Å². The Morgan fingerprint density at radius 2 is 2.45 bits per heavy atom. The lowest BCUT2D eigenvalue weighted by Gasteiger charge is -2.14. The number of benzene rings is 1. The van der Waals surface area contributed by atoms with Crippen molar-refractivity contribution in [2.45, 2.75) is 19.1 Å². The first-order chi connectivity index (χ1) is 9.72. The van der Waals surface area contributed by atoms with Crippen LogP contribution in [0.4, 0.5) is 0 Å². The van der Waals surface area contributed by atoms with Crippen molar-refractivity contribution in [2.24, 2.45) is 5.73 Å². The zero-order valence-electron chi connectivity index (χ0n) is 11.5. The van der Waals surface area contributed by atoms with Gasteiger partial charge in [-0.3, -0.25) is 4.79 Å². The first-order valence-electron chi connectivity index (χ1n) is 6.53. The summed E-state index contributed by atoms with van der Waals surface area (Å²) < 4.78 is 16.3. The van der Waals surface area contributed by atoms with Gasteiger partial charge in [0.2, 0.25) is 0 Å². The number of hydrogen-bond donors (Lipinski definition) is 2. The summed E-state index contributed by atoms with van der Waals surface area (Å²) >= 11 is 0. The highest BCUT2D eigenvalue weighted by Gasteiger charge is 2.24. The Balaban J connectivity index is 2.09. The summed E-state index contributed by atoms with van der Waals surface area (Å²) in [4.78, 5) is 11.3. The van der Waals surface area contributed by atoms with Crippen LogP contribution in [-0.4, -0.2) is 38.9 Å². The smallest absolute Gasteiger partial charge is 0.258 e. The second kappa shape index (κ2) is 7.12. The molecule has 2 rings (SSSR count). The molecule has 1 aliphatic heterocycles. The maximum atomic E-state index is 11.3. The minimum atomic E-state index is -0.652. The van der Waals surface area contributed by atoms with E-state index in [1.165, 1.54) is 0 Å². The molecule has 1 radical (unpaired) electrons. The van der Waals surface area contributed by atoms with Crippen molar-refractivity contribution in [1.29, 1.82) is 0 Å². The number of carbonyl (C=O) groups excluding carboxylic acids is 1. The van der Waals surface area contributed by atoms with Crippen LogP contribution in [-0.2, 0) is 16.1 Å². The van der Waals surface area contributed by atoms with Gasteiger partial charge in [-0.25, -0.2) is 0 Å². The van der Waals surface area contributed by atoms with Gasteiger partial charge < -0.3 is 25.3 Å². The van der Waals surface area contributed by atoms with Crippen molar-refractivity contribution >= 4 is 5.91 Å². The summed E-state index contributed by atoms with van der Waals surface area (Å²) in [5.41, 5.74) is 6.22. The standard InChI is InChI=1S/C14H19N2O4/c1-18-8-6-16-9-10-3-2-4-11-13(10)19-7-5-12(20-11)14(15)17/h3-4,12,16H,5-9H2,1H3,(H2,15,17). The number of primary amides is 1. The van der Waals surface area contributed by atoms with Crippen LogP contribution >= 0.6 is 0 Å². The van der Waals surface area contributed by atoms with Crippen LogP contribution in [0.15, 0.2) is 12.1 Å². The molecule has 0 aliphatic carbocycles. The molecule has 109 valence electrons. The van der Waals surface area contributed by atoms with Crippen LogP contribution in [0, 0.1) is 6.07 Å². The van der Waals surface area contributed by atoms with Crippen LogP contribution in [0.3, 0.4) is 0 Å². The lowest BCUT2D eigenvalue weighted by Crippen LogP contribution is -2.33. The van der Waals surface area contributed by atoms with Gasteiger partial charge in [0.1, 0.15) is 0 Å². The van der Waals surface area contributed by atoms with Gasteiger partial charge in [0.15, 0.2) is 17.6 Å². The van der Waals surface area contributed by atoms with E-state index in [0.29, 0.717) is 37.7 Å². The zero-order valence-corrected chi connectivity index (χ0v) is 11.5. The van der Waals surface area contributed by atoms with E-state index < -0.39 is 12.0 Å². The number of hydrogen-bond acceptors (Lipinski definition) is 5. The largest absolute Gasteiger partial charge is 0.489 e. The molecular formula is C14H19N2O4. The number of rotatable bonds is 6. The quantitative estimate of drug-likeness (QED) is 0.729. The van der Waals surface area contributed by atoms with E-state index in [0.717, 1.165) is 12.1 Å². The van der Waals surface area contributed by atoms with Crippen molar-refractivity contribution in [1.82, 2.24) is 5.32 Å². The summed E-state index contributed by atoms with van der Waals surface area (Å²) in [6.45, 7) is 2.40. The lowest BCUT2D eigenvalue weighted by molar-refractivity contribution is -0.124. The van der Waals surface area contributed by atoms with Crippen LogP contribution in [0.2, 0.25) is 0 Å². The topological polar surface area (TPSA) is 82.8 Å². The van der Waals surface area contributed by atoms with Gasteiger partial charge in [-0.1, -0.05) is 0 Å². The molecule has 0 bridgehead atoms. The lowest BCUT2D eigenvalue weighted by atomic mass is 10.2. The first-order valence-corrected chi connectivity index (χ1v) is 6.53. The Morgan fingerprint density at radius 3 is 3.20 bits per heavy atom. The van der Waals surface area contributed by atoms with Crippen LogP contribution in [0.25, 0.3) is 0 Å². The number of amides is 1. The minimum absolute atomic E-state index is 0.399. The Morgan fingerprint density at radius 1 is 1.60 bits per heavy atom. The third-order valence-electron chi connectivity index (χ3n) is 3.00. The molecule has 20 heavy (non-hydrogen) atoms. The van der Waals surface area contributed by atoms with Gasteiger partial charge in [0.05, 0.1) is 13.2 Å². The number of methoxy groups -OCH3 is 1. The molecule has 1 aromatic rings. The Hall–Kier alpha value is -1.79. The number of ether oxygens (including phenoxy) is 3. The van der Waals surface area contributed by atoms with Crippen molar-refractivity contribution in [3.8, 4) is 11.5 Å². The van der Waals surface area contributed by atoms with E-state index >= 15 is 0 Å². The summed E-state index contributed by atoms with van der Waals surface area (Å²) in [5.74, 6) is 0.680. The van der Waals surface area contributed by atoms with E-state index in [-0.39, 0.29) is 0 Å². The third kappa shape index (κ3) is 3.61. The summed E-state index contributed by atoms with van der Waals surface area (Å²) in [7, 11) is 1.66. The van der Waals surface area contributed by atoms with Gasteiger partial charge in [0, 0.05) is 32.2 Å². The second-order valence-corrected chi connectivity index (χ2v) is 4.49. The molecular weight excluding hydrogens is 260 g/mol. The maximum absolute atomic E-state index is 11.3. The van der Waals surface area contributed by atoms with E-state index in [1.54, 1.807) is 13.2 Å². The van der Waals surface area contributed by atoms with E-state index in [9.17, 15) is 4.79 Å². The molecule has 6 nitrogen and oxygen atoms in total. The fourth-order valence-electron chi connectivity index (χ4n) is 1.97. The number of carbonyl (C=O) groups is 1. The summed E-state index contributed by atoms with van der Waals surface area (Å²) in [5, 5.41) is 3.23. The number of nitrogens with one attached hydrogen (secondary N) is 1. The van der Waals surface area contributed by atoms with Crippen molar-refractivity contribution < 1.29 is 19.0 Å². The Bertz CT molecular complexity index is 464. The predicted octanol–water partition coefficient (Wildman–Crippen LogP) is 0.238. The zero-order chi connectivity index (χ0) is 14.4. The van der Waals surface area contributed by atoms with E-state index in [2.05, 4.69) is 11.4 Å². The molecule has 1 aliphatic rings. The number of fused-ring (bicyclic) bond motifs is 1. The highest BCUT2D eigenvalue weighted by molar-refractivity contribution is 5.79. The highest BCUT2D eigenvalue weighted by atomic mass is 16.5. The third-order valence-corrected chi connectivity index (χ3v) is 3.00. The van der Waals surface area contributed by atoms with Crippen molar-refractivity contribution in [3.63, 3.8) is 0 Å². The van der Waals surface area contributed by atoms with E-state index in [4.69, 9.17) is 19.9 Å². The SMILES string of the molecule is COCCNCc1c[c]cc2c1OCCC(C(N)=O)O2. The molecule has 0 fully saturated rings. The van der Waals surface area contributed by atoms with Gasteiger partial charge in [-0.05, 0) is 18.2 Å². The molecule has 6 heteroatoms. The second-order valence-electron chi connectivity index (χ2n) is 4.49. The highest BCUT2D eigenvalue weighted by Crippen LogP contribution is 2.34. The molecule has 1 heterocycles. The predicted molar refractivity (Wildman–Crippen MR) is 72.6 cm³/mol. The monoisotopic (exact) mass is 279 g/mol. The van der Waals surface area contributed by atoms with Crippen LogP contribution in [0.1, 0.15) is 12.0 Å². The van der Waals surface area contributed by atoms with Gasteiger partial charge in [0.25, 0.3) is 5.91 Å². The average Bonchev–Trinajstić information content (AvgIpc) is 2.66. The van der Waals surface area contributed by atoms with Crippen LogP contribution < -0.4 is 20.5 Å². The summed E-state index contributed by atoms with van der Waals surface area (Å²) in [6.07, 6.45) is -0.207. The molecule has 0 saturated heterocycles.